The predicted octanol–water partition coefficient (Wildman–Crippen LogP) is 2.91. The van der Waals surface area contributed by atoms with E-state index in [4.69, 9.17) is 5.73 Å². The number of nitrogens with zero attached hydrogens (tertiary/aromatic N) is 4. The van der Waals surface area contributed by atoms with Crippen molar-refractivity contribution in [1.82, 2.24) is 9.97 Å². The van der Waals surface area contributed by atoms with Crippen LogP contribution in [0.2, 0.25) is 0 Å². The topological polar surface area (TPSA) is 58.3 Å². The van der Waals surface area contributed by atoms with E-state index in [1.54, 1.807) is 12.4 Å². The molecule has 0 spiro atoms. The Morgan fingerprint density at radius 2 is 1.76 bits per heavy atom. The van der Waals surface area contributed by atoms with Crippen LogP contribution in [0.1, 0.15) is 0 Å². The Kier molecular flexibility index (Phi) is 4.30. The van der Waals surface area contributed by atoms with E-state index in [-0.39, 0.29) is 0 Å². The summed E-state index contributed by atoms with van der Waals surface area (Å²) in [7, 11) is 0. The first kappa shape index (κ1) is 14.6. The minimum absolute atomic E-state index is 0.730. The normalized spacial score (nSPS) is 15.3. The van der Waals surface area contributed by atoms with Crippen molar-refractivity contribution >= 4 is 49.1 Å². The van der Waals surface area contributed by atoms with Crippen molar-refractivity contribution < 1.29 is 0 Å². The van der Waals surface area contributed by atoms with Gasteiger partial charge in [-0.3, -0.25) is 4.98 Å². The van der Waals surface area contributed by atoms with E-state index >= 15 is 0 Å². The number of hydrogen-bond acceptors (Lipinski definition) is 5. The molecule has 0 atom stereocenters. The lowest BCUT2D eigenvalue weighted by Gasteiger charge is -2.37. The minimum atomic E-state index is 0.730. The lowest BCUT2D eigenvalue weighted by molar-refractivity contribution is 0.646. The molecule has 2 N–H and O–H groups in total. The highest BCUT2D eigenvalue weighted by atomic mass is 79.9. The SMILES string of the molecule is Nc1cnccc1N1CCN(c2ncc(Br)cc2Br)CC1. The maximum Gasteiger partial charge on any atom is 0.143 e. The number of rotatable bonds is 2. The molecule has 110 valence electrons. The van der Waals surface area contributed by atoms with Crippen molar-refractivity contribution in [1.29, 1.82) is 0 Å². The maximum absolute atomic E-state index is 6.00. The second-order valence-electron chi connectivity index (χ2n) is 4.87. The number of piperazine rings is 1. The zero-order valence-electron chi connectivity index (χ0n) is 11.3. The van der Waals surface area contributed by atoms with Gasteiger partial charge in [0.05, 0.1) is 22.0 Å². The first-order chi connectivity index (χ1) is 10.1. The molecule has 0 aliphatic carbocycles. The van der Waals surface area contributed by atoms with E-state index in [9.17, 15) is 0 Å². The van der Waals surface area contributed by atoms with Crippen molar-refractivity contribution in [3.8, 4) is 0 Å². The van der Waals surface area contributed by atoms with Gasteiger partial charge in [0.2, 0.25) is 0 Å². The Hall–Kier alpha value is -1.34. The van der Waals surface area contributed by atoms with Gasteiger partial charge in [-0.25, -0.2) is 4.98 Å². The summed E-state index contributed by atoms with van der Waals surface area (Å²) in [5.74, 6) is 0.987. The highest BCUT2D eigenvalue weighted by Gasteiger charge is 2.21. The van der Waals surface area contributed by atoms with Crippen molar-refractivity contribution in [2.24, 2.45) is 0 Å². The molecule has 1 saturated heterocycles. The van der Waals surface area contributed by atoms with Crippen LogP contribution < -0.4 is 15.5 Å². The molecule has 2 aromatic rings. The van der Waals surface area contributed by atoms with Gasteiger partial charge in [-0.1, -0.05) is 0 Å². The molecule has 0 unspecified atom stereocenters. The van der Waals surface area contributed by atoms with Gasteiger partial charge in [-0.15, -0.1) is 0 Å². The molecule has 3 heterocycles. The van der Waals surface area contributed by atoms with Crippen LogP contribution in [0.5, 0.6) is 0 Å². The average molecular weight is 413 g/mol. The van der Waals surface area contributed by atoms with Crippen LogP contribution in [0.15, 0.2) is 39.7 Å². The van der Waals surface area contributed by atoms with E-state index in [0.717, 1.165) is 52.3 Å². The van der Waals surface area contributed by atoms with E-state index < -0.39 is 0 Å². The zero-order valence-corrected chi connectivity index (χ0v) is 14.5. The van der Waals surface area contributed by atoms with Gasteiger partial charge in [-0.05, 0) is 44.0 Å². The lowest BCUT2D eigenvalue weighted by Crippen LogP contribution is -2.47. The van der Waals surface area contributed by atoms with E-state index in [1.165, 1.54) is 0 Å². The van der Waals surface area contributed by atoms with Crippen LogP contribution in [0.25, 0.3) is 0 Å². The van der Waals surface area contributed by atoms with Crippen LogP contribution in [-0.2, 0) is 0 Å². The summed E-state index contributed by atoms with van der Waals surface area (Å²) in [4.78, 5) is 13.1. The second kappa shape index (κ2) is 6.19. The monoisotopic (exact) mass is 411 g/mol. The van der Waals surface area contributed by atoms with Crippen LogP contribution in [-0.4, -0.2) is 36.1 Å². The number of halogens is 2. The number of nitrogens with two attached hydrogens (primary N) is 1. The van der Waals surface area contributed by atoms with Crippen molar-refractivity contribution in [3.05, 3.63) is 39.7 Å². The number of nitrogen functional groups attached to an aromatic ring is 1. The smallest absolute Gasteiger partial charge is 0.143 e. The van der Waals surface area contributed by atoms with Gasteiger partial charge >= 0.3 is 0 Å². The molecule has 0 amide bonds. The average Bonchev–Trinajstić information content (AvgIpc) is 2.48. The third-order valence-electron chi connectivity index (χ3n) is 3.54. The Morgan fingerprint density at radius 3 is 2.43 bits per heavy atom. The largest absolute Gasteiger partial charge is 0.396 e. The number of pyridine rings is 2. The van der Waals surface area contributed by atoms with Gasteiger partial charge in [0, 0.05) is 43.0 Å². The summed E-state index contributed by atoms with van der Waals surface area (Å²) in [6.45, 7) is 3.65. The molecule has 5 nitrogen and oxygen atoms in total. The third-order valence-corrected chi connectivity index (χ3v) is 4.55. The Bertz CT molecular complexity index is 641. The van der Waals surface area contributed by atoms with Gasteiger partial charge in [0.25, 0.3) is 0 Å². The fraction of sp³-hybridized carbons (Fsp3) is 0.286. The standard InChI is InChI=1S/C14H15Br2N5/c15-10-7-11(16)14(19-8-10)21-5-3-20(4-6-21)13-1-2-18-9-12(13)17/h1-2,7-9H,3-6,17H2. The molecule has 0 saturated carbocycles. The van der Waals surface area contributed by atoms with Crippen molar-refractivity contribution in [2.75, 3.05) is 41.7 Å². The summed E-state index contributed by atoms with van der Waals surface area (Å²) in [6.07, 6.45) is 5.31. The molecular weight excluding hydrogens is 398 g/mol. The molecule has 0 aromatic carbocycles. The molecule has 2 aromatic heterocycles. The highest BCUT2D eigenvalue weighted by molar-refractivity contribution is 9.11. The quantitative estimate of drug-likeness (QED) is 0.821. The number of aromatic nitrogens is 2. The summed E-state index contributed by atoms with van der Waals surface area (Å²) >= 11 is 7.01. The Morgan fingerprint density at radius 1 is 1.05 bits per heavy atom. The van der Waals surface area contributed by atoms with Crippen LogP contribution in [0, 0.1) is 0 Å². The van der Waals surface area contributed by atoms with Gasteiger partial charge in [0.15, 0.2) is 0 Å². The fourth-order valence-corrected chi connectivity index (χ4v) is 3.72. The lowest BCUT2D eigenvalue weighted by atomic mass is 10.2. The van der Waals surface area contributed by atoms with Gasteiger partial charge < -0.3 is 15.5 Å². The van der Waals surface area contributed by atoms with E-state index in [2.05, 4.69) is 51.6 Å². The van der Waals surface area contributed by atoms with Gasteiger partial charge in [0.1, 0.15) is 5.82 Å². The van der Waals surface area contributed by atoms with E-state index in [0.29, 0.717) is 0 Å². The van der Waals surface area contributed by atoms with Crippen molar-refractivity contribution in [3.63, 3.8) is 0 Å². The molecule has 1 aliphatic rings. The predicted molar refractivity (Wildman–Crippen MR) is 92.7 cm³/mol. The second-order valence-corrected chi connectivity index (χ2v) is 6.64. The Balaban J connectivity index is 1.72. The summed E-state index contributed by atoms with van der Waals surface area (Å²) in [5.41, 5.74) is 7.79. The molecule has 7 heteroatoms. The highest BCUT2D eigenvalue weighted by Crippen LogP contribution is 2.29. The minimum Gasteiger partial charge on any atom is -0.396 e. The molecule has 0 radical (unpaired) electrons. The summed E-state index contributed by atoms with van der Waals surface area (Å²) in [5, 5.41) is 0. The van der Waals surface area contributed by atoms with Crippen molar-refractivity contribution in [2.45, 2.75) is 0 Å². The first-order valence-corrected chi connectivity index (χ1v) is 8.24. The fourth-order valence-electron chi connectivity index (χ4n) is 2.49. The number of hydrogen-bond donors (Lipinski definition) is 1. The van der Waals surface area contributed by atoms with Crippen LogP contribution in [0.3, 0.4) is 0 Å². The molecule has 21 heavy (non-hydrogen) atoms. The molecule has 0 bridgehead atoms. The van der Waals surface area contributed by atoms with E-state index in [1.807, 2.05) is 18.3 Å². The zero-order chi connectivity index (χ0) is 14.8. The molecule has 1 aliphatic heterocycles. The summed E-state index contributed by atoms with van der Waals surface area (Å²) in [6, 6.07) is 3.99. The number of anilines is 3. The van der Waals surface area contributed by atoms with Crippen LogP contribution >= 0.6 is 31.9 Å². The maximum atomic E-state index is 6.00. The van der Waals surface area contributed by atoms with Gasteiger partial charge in [-0.2, -0.15) is 0 Å². The first-order valence-electron chi connectivity index (χ1n) is 6.65. The molecule has 3 rings (SSSR count). The summed E-state index contributed by atoms with van der Waals surface area (Å²) < 4.78 is 1.98. The molecular formula is C14H15Br2N5. The molecule has 1 fully saturated rings. The third kappa shape index (κ3) is 3.13. The Labute approximate surface area is 140 Å². The van der Waals surface area contributed by atoms with Crippen LogP contribution in [0.4, 0.5) is 17.2 Å².